The van der Waals surface area contributed by atoms with Crippen LogP contribution in [-0.4, -0.2) is 23.3 Å². The zero-order valence-electron chi connectivity index (χ0n) is 11.1. The maximum absolute atomic E-state index is 12.0. The minimum Gasteiger partial charge on any atom is -0.351 e. The third-order valence-corrected chi connectivity index (χ3v) is 5.42. The molecule has 1 heterocycles. The summed E-state index contributed by atoms with van der Waals surface area (Å²) >= 11 is 6.97. The van der Waals surface area contributed by atoms with E-state index in [0.29, 0.717) is 17.3 Å². The average molecular weight is 317 g/mol. The molecule has 0 radical (unpaired) electrons. The monoisotopic (exact) mass is 316 g/mol. The first-order valence-electron chi connectivity index (χ1n) is 6.65. The number of thiophene rings is 1. The summed E-state index contributed by atoms with van der Waals surface area (Å²) in [6, 6.07) is 2.85. The molecule has 1 aromatic rings. The Morgan fingerprint density at radius 2 is 2.10 bits per heavy atom. The normalized spacial score (nSPS) is 17.6. The van der Waals surface area contributed by atoms with Gasteiger partial charge in [0.15, 0.2) is 0 Å². The Kier molecular flexibility index (Phi) is 4.99. The SMILES string of the molecule is O=C(NCC1(CCl)CCCCC1)c1ccc([N+](=O)[O-])s1. The van der Waals surface area contributed by atoms with E-state index in [1.807, 2.05) is 0 Å². The van der Waals surface area contributed by atoms with Gasteiger partial charge in [-0.25, -0.2) is 0 Å². The predicted octanol–water partition coefficient (Wildman–Crippen LogP) is 3.58. The zero-order chi connectivity index (χ0) is 14.6. The lowest BCUT2D eigenvalue weighted by Gasteiger charge is -2.35. The fraction of sp³-hybridized carbons (Fsp3) is 0.615. The van der Waals surface area contributed by atoms with Crippen molar-refractivity contribution in [1.29, 1.82) is 0 Å². The van der Waals surface area contributed by atoms with Crippen LogP contribution in [0.25, 0.3) is 0 Å². The molecule has 1 aliphatic carbocycles. The van der Waals surface area contributed by atoms with E-state index in [1.165, 1.54) is 18.6 Å². The number of rotatable bonds is 5. The summed E-state index contributed by atoms with van der Waals surface area (Å²) in [4.78, 5) is 22.5. The smallest absolute Gasteiger partial charge is 0.324 e. The summed E-state index contributed by atoms with van der Waals surface area (Å²) in [5.74, 6) is 0.288. The molecule has 2 rings (SSSR count). The molecule has 1 fully saturated rings. The van der Waals surface area contributed by atoms with Crippen molar-refractivity contribution >= 4 is 33.8 Å². The molecule has 0 spiro atoms. The summed E-state index contributed by atoms with van der Waals surface area (Å²) in [6.07, 6.45) is 5.58. The highest BCUT2D eigenvalue weighted by atomic mass is 35.5. The molecule has 5 nitrogen and oxygen atoms in total. The number of hydrogen-bond donors (Lipinski definition) is 1. The number of alkyl halides is 1. The maximum atomic E-state index is 12.0. The number of nitrogens with zero attached hydrogens (tertiary/aromatic N) is 1. The van der Waals surface area contributed by atoms with E-state index in [-0.39, 0.29) is 16.3 Å². The second-order valence-electron chi connectivity index (χ2n) is 5.27. The Labute approximate surface area is 126 Å². The summed E-state index contributed by atoms with van der Waals surface area (Å²) in [7, 11) is 0. The van der Waals surface area contributed by atoms with Gasteiger partial charge in [-0.05, 0) is 18.9 Å². The second-order valence-corrected chi connectivity index (χ2v) is 6.60. The molecule has 1 aromatic heterocycles. The van der Waals surface area contributed by atoms with Gasteiger partial charge in [-0.3, -0.25) is 14.9 Å². The van der Waals surface area contributed by atoms with Crippen LogP contribution in [0.4, 0.5) is 5.00 Å². The average Bonchev–Trinajstić information content (AvgIpc) is 2.96. The molecule has 1 amide bonds. The molecule has 110 valence electrons. The van der Waals surface area contributed by atoms with Crippen molar-refractivity contribution in [3.8, 4) is 0 Å². The Hall–Kier alpha value is -1.14. The molecule has 1 saturated carbocycles. The van der Waals surface area contributed by atoms with E-state index < -0.39 is 4.92 Å². The lowest BCUT2D eigenvalue weighted by atomic mass is 9.75. The standard InChI is InChI=1S/C13H17ClN2O3S/c14-8-13(6-2-1-3-7-13)9-15-12(17)10-4-5-11(20-10)16(18)19/h4-5H,1-3,6-9H2,(H,15,17). The first-order valence-corrected chi connectivity index (χ1v) is 8.00. The van der Waals surface area contributed by atoms with Crippen molar-refractivity contribution in [1.82, 2.24) is 5.32 Å². The van der Waals surface area contributed by atoms with Crippen LogP contribution in [0.15, 0.2) is 12.1 Å². The van der Waals surface area contributed by atoms with Gasteiger partial charge < -0.3 is 5.32 Å². The summed E-state index contributed by atoms with van der Waals surface area (Å²) in [5, 5.41) is 13.5. The molecule has 20 heavy (non-hydrogen) atoms. The summed E-state index contributed by atoms with van der Waals surface area (Å²) in [5.41, 5.74) is -0.0152. The fourth-order valence-electron chi connectivity index (χ4n) is 2.56. The molecule has 0 saturated heterocycles. The molecular weight excluding hydrogens is 300 g/mol. The minimum absolute atomic E-state index is 0.0140. The van der Waals surface area contributed by atoms with Crippen LogP contribution >= 0.6 is 22.9 Å². The van der Waals surface area contributed by atoms with Crippen LogP contribution in [-0.2, 0) is 0 Å². The largest absolute Gasteiger partial charge is 0.351 e. The van der Waals surface area contributed by atoms with E-state index in [1.54, 1.807) is 0 Å². The lowest BCUT2D eigenvalue weighted by Crippen LogP contribution is -2.40. The van der Waals surface area contributed by atoms with Crippen LogP contribution in [0, 0.1) is 15.5 Å². The van der Waals surface area contributed by atoms with Gasteiger partial charge in [-0.15, -0.1) is 11.6 Å². The molecule has 1 N–H and O–H groups in total. The highest BCUT2D eigenvalue weighted by Gasteiger charge is 2.31. The maximum Gasteiger partial charge on any atom is 0.324 e. The Bertz CT molecular complexity index is 498. The number of amides is 1. The van der Waals surface area contributed by atoms with E-state index in [0.717, 1.165) is 37.0 Å². The van der Waals surface area contributed by atoms with Crippen molar-refractivity contribution in [3.63, 3.8) is 0 Å². The highest BCUT2D eigenvalue weighted by molar-refractivity contribution is 7.17. The van der Waals surface area contributed by atoms with Crippen LogP contribution < -0.4 is 5.32 Å². The topological polar surface area (TPSA) is 72.2 Å². The van der Waals surface area contributed by atoms with Crippen molar-refractivity contribution in [2.45, 2.75) is 32.1 Å². The van der Waals surface area contributed by atoms with E-state index in [2.05, 4.69) is 5.32 Å². The van der Waals surface area contributed by atoms with Crippen molar-refractivity contribution in [3.05, 3.63) is 27.1 Å². The summed E-state index contributed by atoms with van der Waals surface area (Å²) < 4.78 is 0. The van der Waals surface area contributed by atoms with Crippen LogP contribution in [0.3, 0.4) is 0 Å². The number of halogens is 1. The molecular formula is C13H17ClN2O3S. The molecule has 0 aromatic carbocycles. The number of hydrogen-bond acceptors (Lipinski definition) is 4. The Morgan fingerprint density at radius 3 is 2.65 bits per heavy atom. The predicted molar refractivity (Wildman–Crippen MR) is 79.5 cm³/mol. The van der Waals surface area contributed by atoms with E-state index in [9.17, 15) is 14.9 Å². The molecule has 0 bridgehead atoms. The van der Waals surface area contributed by atoms with Gasteiger partial charge in [0.25, 0.3) is 5.91 Å². The Balaban J connectivity index is 1.95. The fourth-order valence-corrected chi connectivity index (χ4v) is 3.66. The van der Waals surface area contributed by atoms with E-state index in [4.69, 9.17) is 11.6 Å². The highest BCUT2D eigenvalue weighted by Crippen LogP contribution is 2.36. The second kappa shape index (κ2) is 6.54. The number of nitro groups is 1. The quantitative estimate of drug-likeness (QED) is 0.512. The van der Waals surface area contributed by atoms with Gasteiger partial charge in [0.2, 0.25) is 0 Å². The molecule has 1 aliphatic rings. The van der Waals surface area contributed by atoms with Gasteiger partial charge in [-0.2, -0.15) is 0 Å². The van der Waals surface area contributed by atoms with E-state index >= 15 is 0 Å². The number of carbonyl (C=O) groups excluding carboxylic acids is 1. The van der Waals surface area contributed by atoms with Crippen LogP contribution in [0.1, 0.15) is 41.8 Å². The molecule has 0 unspecified atom stereocenters. The number of carbonyl (C=O) groups is 1. The first kappa shape index (κ1) is 15.3. The van der Waals surface area contributed by atoms with Gasteiger partial charge in [0.1, 0.15) is 0 Å². The molecule has 0 aliphatic heterocycles. The minimum atomic E-state index is -0.483. The van der Waals surface area contributed by atoms with Gasteiger partial charge in [0, 0.05) is 23.9 Å². The molecule has 7 heteroatoms. The zero-order valence-corrected chi connectivity index (χ0v) is 12.6. The van der Waals surface area contributed by atoms with Gasteiger partial charge in [0.05, 0.1) is 9.80 Å². The van der Waals surface area contributed by atoms with Crippen molar-refractivity contribution in [2.75, 3.05) is 12.4 Å². The third kappa shape index (κ3) is 3.49. The summed E-state index contributed by atoms with van der Waals surface area (Å²) in [6.45, 7) is 0.543. The first-order chi connectivity index (χ1) is 9.56. The lowest BCUT2D eigenvalue weighted by molar-refractivity contribution is -0.380. The van der Waals surface area contributed by atoms with Crippen LogP contribution in [0.5, 0.6) is 0 Å². The number of nitrogens with one attached hydrogen (secondary N) is 1. The van der Waals surface area contributed by atoms with Gasteiger partial charge in [-0.1, -0.05) is 30.6 Å². The van der Waals surface area contributed by atoms with Crippen molar-refractivity contribution in [2.24, 2.45) is 5.41 Å². The molecule has 0 atom stereocenters. The third-order valence-electron chi connectivity index (χ3n) is 3.82. The van der Waals surface area contributed by atoms with Crippen LogP contribution in [0.2, 0.25) is 0 Å². The van der Waals surface area contributed by atoms with Crippen molar-refractivity contribution < 1.29 is 9.72 Å². The Morgan fingerprint density at radius 1 is 1.40 bits per heavy atom. The van der Waals surface area contributed by atoms with Gasteiger partial charge >= 0.3 is 5.00 Å².